The van der Waals surface area contributed by atoms with Crippen molar-refractivity contribution in [2.45, 2.75) is 97.4 Å². The van der Waals surface area contributed by atoms with Crippen LogP contribution in [0, 0.1) is 11.8 Å². The van der Waals surface area contributed by atoms with Crippen LogP contribution >= 0.6 is 0 Å². The molecule has 1 nitrogen and oxygen atoms in total. The van der Waals surface area contributed by atoms with Crippen molar-refractivity contribution in [1.29, 1.82) is 0 Å². The van der Waals surface area contributed by atoms with Gasteiger partial charge in [-0.2, -0.15) is 0 Å². The number of hydrogen-bond acceptors (Lipinski definition) is 1. The maximum absolute atomic E-state index is 3.83. The van der Waals surface area contributed by atoms with Gasteiger partial charge in [0.15, 0.2) is 0 Å². The average Bonchev–Trinajstić information content (AvgIpc) is 2.46. The molecule has 0 aromatic heterocycles. The van der Waals surface area contributed by atoms with Gasteiger partial charge in [-0.05, 0) is 44.1 Å². The van der Waals surface area contributed by atoms with Gasteiger partial charge in [0.25, 0.3) is 0 Å². The molecule has 0 aromatic carbocycles. The van der Waals surface area contributed by atoms with Crippen LogP contribution in [0.1, 0.15) is 91.4 Å². The summed E-state index contributed by atoms with van der Waals surface area (Å²) in [6.45, 7) is 8.13. The first-order valence-corrected chi connectivity index (χ1v) is 9.05. The molecule has 1 saturated carbocycles. The predicted octanol–water partition coefficient (Wildman–Crippen LogP) is 5.54. The summed E-state index contributed by atoms with van der Waals surface area (Å²) in [5.41, 5.74) is 0. The molecule has 0 amide bonds. The van der Waals surface area contributed by atoms with E-state index in [9.17, 15) is 0 Å². The number of rotatable bonds is 10. The van der Waals surface area contributed by atoms with Crippen molar-refractivity contribution in [3.8, 4) is 0 Å². The van der Waals surface area contributed by atoms with Crippen LogP contribution in [0.4, 0.5) is 0 Å². The molecular formula is C18H37N. The van der Waals surface area contributed by atoms with Crippen LogP contribution < -0.4 is 5.32 Å². The van der Waals surface area contributed by atoms with E-state index < -0.39 is 0 Å². The minimum absolute atomic E-state index is 0.812. The summed E-state index contributed by atoms with van der Waals surface area (Å²) in [5, 5.41) is 3.83. The Hall–Kier alpha value is -0.0400. The molecule has 0 radical (unpaired) electrons. The second-order valence-electron chi connectivity index (χ2n) is 6.63. The lowest BCUT2D eigenvalue weighted by Gasteiger charge is -2.34. The third kappa shape index (κ3) is 6.79. The first-order valence-electron chi connectivity index (χ1n) is 9.05. The van der Waals surface area contributed by atoms with Crippen LogP contribution in [0.5, 0.6) is 0 Å². The fraction of sp³-hybridized carbons (Fsp3) is 1.00. The van der Waals surface area contributed by atoms with Gasteiger partial charge < -0.3 is 5.32 Å². The van der Waals surface area contributed by atoms with Crippen molar-refractivity contribution in [3.63, 3.8) is 0 Å². The fourth-order valence-corrected chi connectivity index (χ4v) is 3.63. The summed E-state index contributed by atoms with van der Waals surface area (Å²) >= 11 is 0. The lowest BCUT2D eigenvalue weighted by Crippen LogP contribution is -2.38. The summed E-state index contributed by atoms with van der Waals surface area (Å²) in [6, 6.07) is 0.812. The molecular weight excluding hydrogens is 230 g/mol. The van der Waals surface area contributed by atoms with Gasteiger partial charge in [0.2, 0.25) is 0 Å². The Bertz CT molecular complexity index is 186. The Morgan fingerprint density at radius 2 is 1.58 bits per heavy atom. The van der Waals surface area contributed by atoms with Crippen LogP contribution in [0.25, 0.3) is 0 Å². The van der Waals surface area contributed by atoms with Gasteiger partial charge in [0, 0.05) is 6.04 Å². The summed E-state index contributed by atoms with van der Waals surface area (Å²) in [4.78, 5) is 0. The van der Waals surface area contributed by atoms with Crippen molar-refractivity contribution in [2.24, 2.45) is 11.8 Å². The van der Waals surface area contributed by atoms with Crippen molar-refractivity contribution in [3.05, 3.63) is 0 Å². The van der Waals surface area contributed by atoms with Crippen LogP contribution in [0.2, 0.25) is 0 Å². The first kappa shape index (κ1) is 17.0. The largest absolute Gasteiger partial charge is 0.314 e. The van der Waals surface area contributed by atoms with E-state index >= 15 is 0 Å². The molecule has 1 fully saturated rings. The highest BCUT2D eigenvalue weighted by Gasteiger charge is 2.26. The zero-order valence-corrected chi connectivity index (χ0v) is 13.7. The summed E-state index contributed by atoms with van der Waals surface area (Å²) in [7, 11) is 0. The topological polar surface area (TPSA) is 12.0 Å². The molecule has 19 heavy (non-hydrogen) atoms. The van der Waals surface area contributed by atoms with Crippen molar-refractivity contribution in [2.75, 3.05) is 6.54 Å². The maximum atomic E-state index is 3.83. The number of hydrogen-bond donors (Lipinski definition) is 1. The van der Waals surface area contributed by atoms with E-state index in [0.717, 1.165) is 17.9 Å². The van der Waals surface area contributed by atoms with E-state index in [1.54, 1.807) is 0 Å². The molecule has 1 N–H and O–H groups in total. The third-order valence-electron chi connectivity index (χ3n) is 4.95. The van der Waals surface area contributed by atoms with E-state index in [4.69, 9.17) is 0 Å². The van der Waals surface area contributed by atoms with E-state index in [1.165, 1.54) is 77.2 Å². The van der Waals surface area contributed by atoms with Gasteiger partial charge in [0.05, 0.1) is 0 Å². The summed E-state index contributed by atoms with van der Waals surface area (Å²) in [6.07, 6.45) is 15.7. The minimum Gasteiger partial charge on any atom is -0.314 e. The van der Waals surface area contributed by atoms with Crippen molar-refractivity contribution >= 4 is 0 Å². The maximum Gasteiger partial charge on any atom is 0.00953 e. The van der Waals surface area contributed by atoms with E-state index in [2.05, 4.69) is 26.1 Å². The molecule has 1 aliphatic rings. The van der Waals surface area contributed by atoms with Gasteiger partial charge in [-0.3, -0.25) is 0 Å². The molecule has 1 unspecified atom stereocenters. The molecule has 0 bridgehead atoms. The molecule has 1 rings (SSSR count). The average molecular weight is 268 g/mol. The number of unbranched alkanes of at least 4 members (excludes halogenated alkanes) is 2. The van der Waals surface area contributed by atoms with Gasteiger partial charge in [-0.25, -0.2) is 0 Å². The predicted molar refractivity (Wildman–Crippen MR) is 86.6 cm³/mol. The Kier molecular flexibility index (Phi) is 9.59. The molecule has 0 spiro atoms. The number of nitrogens with one attached hydrogen (secondary N) is 1. The fourth-order valence-electron chi connectivity index (χ4n) is 3.63. The monoisotopic (exact) mass is 267 g/mol. The minimum atomic E-state index is 0.812. The smallest absolute Gasteiger partial charge is 0.00953 e. The molecule has 0 saturated heterocycles. The van der Waals surface area contributed by atoms with Crippen LogP contribution in [0.3, 0.4) is 0 Å². The second kappa shape index (κ2) is 10.7. The van der Waals surface area contributed by atoms with E-state index in [0.29, 0.717) is 0 Å². The molecule has 1 aliphatic carbocycles. The normalized spacial score (nSPS) is 25.4. The van der Waals surface area contributed by atoms with Crippen molar-refractivity contribution in [1.82, 2.24) is 5.32 Å². The zero-order valence-electron chi connectivity index (χ0n) is 13.7. The first-order chi connectivity index (χ1) is 9.31. The van der Waals surface area contributed by atoms with Crippen LogP contribution in [-0.4, -0.2) is 12.6 Å². The highest BCUT2D eigenvalue weighted by Crippen LogP contribution is 2.34. The highest BCUT2D eigenvalue weighted by molar-refractivity contribution is 4.82. The second-order valence-corrected chi connectivity index (χ2v) is 6.63. The zero-order chi connectivity index (χ0) is 13.9. The Morgan fingerprint density at radius 3 is 2.16 bits per heavy atom. The molecule has 0 aromatic rings. The quantitative estimate of drug-likeness (QED) is 0.548. The molecule has 0 aliphatic heterocycles. The molecule has 0 heterocycles. The van der Waals surface area contributed by atoms with Crippen molar-refractivity contribution < 1.29 is 0 Å². The molecule has 1 atom stereocenters. The van der Waals surface area contributed by atoms with Gasteiger partial charge in [-0.15, -0.1) is 0 Å². The highest BCUT2D eigenvalue weighted by atomic mass is 14.9. The Labute approximate surface area is 121 Å². The van der Waals surface area contributed by atoms with Crippen LogP contribution in [-0.2, 0) is 0 Å². The van der Waals surface area contributed by atoms with E-state index in [1.807, 2.05) is 0 Å². The standard InChI is InChI=1S/C18H37N/c1-4-7-9-16-11-13-17(14-12-16)18(10-8-5-2)19-15-6-3/h16-19H,4-15H2,1-3H3. The van der Waals surface area contributed by atoms with Gasteiger partial charge >= 0.3 is 0 Å². The third-order valence-corrected chi connectivity index (χ3v) is 4.95. The lowest BCUT2D eigenvalue weighted by molar-refractivity contribution is 0.204. The molecule has 114 valence electrons. The van der Waals surface area contributed by atoms with E-state index in [-0.39, 0.29) is 0 Å². The Morgan fingerprint density at radius 1 is 0.895 bits per heavy atom. The SMILES string of the molecule is CCCCC1CCC(C(CCCC)NCCC)CC1. The van der Waals surface area contributed by atoms with Crippen LogP contribution in [0.15, 0.2) is 0 Å². The lowest BCUT2D eigenvalue weighted by atomic mass is 9.76. The Balaban J connectivity index is 2.30. The van der Waals surface area contributed by atoms with Gasteiger partial charge in [0.1, 0.15) is 0 Å². The van der Waals surface area contributed by atoms with Gasteiger partial charge in [-0.1, -0.05) is 65.7 Å². The molecule has 1 heteroatoms. The summed E-state index contributed by atoms with van der Waals surface area (Å²) in [5.74, 6) is 2.02. The summed E-state index contributed by atoms with van der Waals surface area (Å²) < 4.78 is 0.